The first-order valence-electron chi connectivity index (χ1n) is 7.43. The molecule has 2 aromatic rings. The molecule has 0 aliphatic heterocycles. The van der Waals surface area contributed by atoms with E-state index in [4.69, 9.17) is 5.73 Å². The Morgan fingerprint density at radius 1 is 1.25 bits per heavy atom. The van der Waals surface area contributed by atoms with Gasteiger partial charge in [-0.15, -0.1) is 11.3 Å². The minimum atomic E-state index is 0.175. The summed E-state index contributed by atoms with van der Waals surface area (Å²) in [6.45, 7) is 2.25. The highest BCUT2D eigenvalue weighted by molar-refractivity contribution is 7.10. The van der Waals surface area contributed by atoms with Crippen LogP contribution in [0.1, 0.15) is 60.3 Å². The van der Waals surface area contributed by atoms with E-state index in [9.17, 15) is 0 Å². The molecule has 3 N–H and O–H groups in total. The second-order valence-corrected chi connectivity index (χ2v) is 6.53. The lowest BCUT2D eigenvalue weighted by Gasteiger charge is -2.22. The van der Waals surface area contributed by atoms with Crippen molar-refractivity contribution in [1.82, 2.24) is 5.32 Å². The number of hydrogen-bond acceptors (Lipinski definition) is 3. The molecule has 0 saturated heterocycles. The van der Waals surface area contributed by atoms with Gasteiger partial charge in [-0.1, -0.05) is 43.7 Å². The molecule has 2 nitrogen and oxygen atoms in total. The van der Waals surface area contributed by atoms with Crippen molar-refractivity contribution in [3.63, 3.8) is 0 Å². The molecule has 3 heteroatoms. The van der Waals surface area contributed by atoms with Crippen LogP contribution in [0, 0.1) is 0 Å². The molecular formula is C17H22N2S. The molecule has 1 heterocycles. The maximum Gasteiger partial charge on any atom is 0.0419 e. The number of rotatable bonds is 5. The van der Waals surface area contributed by atoms with Crippen LogP contribution in [0.15, 0.2) is 41.8 Å². The van der Waals surface area contributed by atoms with Crippen LogP contribution in [0.4, 0.5) is 0 Å². The molecule has 20 heavy (non-hydrogen) atoms. The summed E-state index contributed by atoms with van der Waals surface area (Å²) >= 11 is 1.84. The molecule has 0 saturated carbocycles. The summed E-state index contributed by atoms with van der Waals surface area (Å²) in [4.78, 5) is 1.44. The van der Waals surface area contributed by atoms with E-state index in [0.717, 1.165) is 6.42 Å². The Morgan fingerprint density at radius 3 is 2.75 bits per heavy atom. The van der Waals surface area contributed by atoms with Gasteiger partial charge >= 0.3 is 0 Å². The van der Waals surface area contributed by atoms with Crippen LogP contribution in [0.5, 0.6) is 0 Å². The van der Waals surface area contributed by atoms with Crippen molar-refractivity contribution in [1.29, 1.82) is 0 Å². The Hall–Kier alpha value is -1.16. The number of hydrogen-bond donors (Lipinski definition) is 2. The number of benzene rings is 1. The number of nitrogens with one attached hydrogen (secondary N) is 1. The fourth-order valence-corrected chi connectivity index (χ4v) is 3.98. The van der Waals surface area contributed by atoms with Crippen molar-refractivity contribution in [3.05, 3.63) is 57.8 Å². The Labute approximate surface area is 125 Å². The van der Waals surface area contributed by atoms with Crippen LogP contribution in [-0.2, 0) is 0 Å². The minimum Gasteiger partial charge on any atom is -0.324 e. The van der Waals surface area contributed by atoms with Gasteiger partial charge in [-0.2, -0.15) is 0 Å². The molecule has 0 radical (unpaired) electrons. The van der Waals surface area contributed by atoms with Crippen LogP contribution >= 0.6 is 11.3 Å². The fraction of sp³-hybridized carbons (Fsp3) is 0.412. The van der Waals surface area contributed by atoms with Crippen molar-refractivity contribution in [3.8, 4) is 0 Å². The predicted octanol–water partition coefficient (Wildman–Crippen LogP) is 4.32. The van der Waals surface area contributed by atoms with E-state index >= 15 is 0 Å². The standard InChI is InChI=1S/C17H22N2S/c1-2-6-15(17-9-5-10-20-17)19-16-11-14(18)12-7-3-4-8-13(12)16/h3-5,7-10,14-16,19H,2,6,11,18H2,1H3. The van der Waals surface area contributed by atoms with E-state index in [0.29, 0.717) is 12.1 Å². The Kier molecular flexibility index (Phi) is 4.20. The molecule has 0 amide bonds. The van der Waals surface area contributed by atoms with Crippen molar-refractivity contribution < 1.29 is 0 Å². The van der Waals surface area contributed by atoms with E-state index in [1.165, 1.54) is 28.8 Å². The first-order chi connectivity index (χ1) is 9.79. The van der Waals surface area contributed by atoms with E-state index in [2.05, 4.69) is 54.0 Å². The zero-order valence-corrected chi connectivity index (χ0v) is 12.7. The van der Waals surface area contributed by atoms with E-state index in [1.54, 1.807) is 0 Å². The van der Waals surface area contributed by atoms with Crippen molar-refractivity contribution in [2.24, 2.45) is 5.73 Å². The van der Waals surface area contributed by atoms with Gasteiger partial charge in [0.1, 0.15) is 0 Å². The van der Waals surface area contributed by atoms with Gasteiger partial charge in [-0.05, 0) is 35.4 Å². The second kappa shape index (κ2) is 6.08. The molecule has 0 bridgehead atoms. The molecule has 1 aliphatic rings. The van der Waals surface area contributed by atoms with Crippen molar-refractivity contribution in [2.75, 3.05) is 0 Å². The Bertz CT molecular complexity index is 550. The Balaban J connectivity index is 1.80. The van der Waals surface area contributed by atoms with Gasteiger partial charge in [-0.3, -0.25) is 0 Å². The summed E-state index contributed by atoms with van der Waals surface area (Å²) in [7, 11) is 0. The molecule has 3 unspecified atom stereocenters. The largest absolute Gasteiger partial charge is 0.324 e. The van der Waals surface area contributed by atoms with Crippen molar-refractivity contribution >= 4 is 11.3 Å². The third-order valence-corrected chi connectivity index (χ3v) is 5.11. The molecule has 0 spiro atoms. The van der Waals surface area contributed by atoms with Crippen molar-refractivity contribution in [2.45, 2.75) is 44.3 Å². The predicted molar refractivity (Wildman–Crippen MR) is 85.8 cm³/mol. The van der Waals surface area contributed by atoms with Crippen LogP contribution in [-0.4, -0.2) is 0 Å². The summed E-state index contributed by atoms with van der Waals surface area (Å²) in [5.41, 5.74) is 8.97. The summed E-state index contributed by atoms with van der Waals surface area (Å²) in [6, 6.07) is 14.0. The lowest BCUT2D eigenvalue weighted by Crippen LogP contribution is -2.25. The van der Waals surface area contributed by atoms with E-state index in [1.807, 2.05) is 11.3 Å². The lowest BCUT2D eigenvalue weighted by molar-refractivity contribution is 0.411. The van der Waals surface area contributed by atoms with Gasteiger partial charge in [0.2, 0.25) is 0 Å². The van der Waals surface area contributed by atoms with Gasteiger partial charge in [-0.25, -0.2) is 0 Å². The third kappa shape index (κ3) is 2.66. The van der Waals surface area contributed by atoms with Crippen LogP contribution < -0.4 is 11.1 Å². The van der Waals surface area contributed by atoms with Gasteiger partial charge in [0.05, 0.1) is 0 Å². The lowest BCUT2D eigenvalue weighted by atomic mass is 10.0. The first kappa shape index (κ1) is 13.8. The Morgan fingerprint density at radius 2 is 2.05 bits per heavy atom. The average Bonchev–Trinajstić information content (AvgIpc) is 3.08. The smallest absolute Gasteiger partial charge is 0.0419 e. The molecular weight excluding hydrogens is 264 g/mol. The summed E-state index contributed by atoms with van der Waals surface area (Å²) < 4.78 is 0. The van der Waals surface area contributed by atoms with Gasteiger partial charge in [0.25, 0.3) is 0 Å². The third-order valence-electron chi connectivity index (χ3n) is 4.13. The molecule has 106 valence electrons. The zero-order valence-electron chi connectivity index (χ0n) is 11.9. The average molecular weight is 286 g/mol. The number of fused-ring (bicyclic) bond motifs is 1. The fourth-order valence-electron chi connectivity index (χ4n) is 3.16. The summed E-state index contributed by atoms with van der Waals surface area (Å²) in [5.74, 6) is 0. The van der Waals surface area contributed by atoms with E-state index in [-0.39, 0.29) is 6.04 Å². The maximum atomic E-state index is 6.27. The molecule has 3 atom stereocenters. The zero-order chi connectivity index (χ0) is 13.9. The second-order valence-electron chi connectivity index (χ2n) is 5.55. The molecule has 1 aromatic heterocycles. The van der Waals surface area contributed by atoms with Gasteiger partial charge in [0, 0.05) is 23.0 Å². The van der Waals surface area contributed by atoms with Gasteiger partial charge < -0.3 is 11.1 Å². The maximum absolute atomic E-state index is 6.27. The first-order valence-corrected chi connectivity index (χ1v) is 8.31. The molecule has 1 aromatic carbocycles. The minimum absolute atomic E-state index is 0.175. The van der Waals surface area contributed by atoms with Crippen LogP contribution in [0.25, 0.3) is 0 Å². The normalized spacial score (nSPS) is 22.7. The summed E-state index contributed by atoms with van der Waals surface area (Å²) in [5, 5.41) is 6.00. The van der Waals surface area contributed by atoms with Crippen LogP contribution in [0.3, 0.4) is 0 Å². The highest BCUT2D eigenvalue weighted by Gasteiger charge is 2.29. The number of thiophene rings is 1. The van der Waals surface area contributed by atoms with Gasteiger partial charge in [0.15, 0.2) is 0 Å². The molecule has 1 aliphatic carbocycles. The quantitative estimate of drug-likeness (QED) is 0.859. The highest BCUT2D eigenvalue weighted by atomic mass is 32.1. The van der Waals surface area contributed by atoms with Crippen LogP contribution in [0.2, 0.25) is 0 Å². The highest BCUT2D eigenvalue weighted by Crippen LogP contribution is 2.39. The number of nitrogens with two attached hydrogens (primary N) is 1. The topological polar surface area (TPSA) is 38.0 Å². The summed E-state index contributed by atoms with van der Waals surface area (Å²) in [6.07, 6.45) is 3.37. The molecule has 0 fully saturated rings. The van der Waals surface area contributed by atoms with E-state index < -0.39 is 0 Å². The monoisotopic (exact) mass is 286 g/mol. The SMILES string of the molecule is CCCC(NC1CC(N)c2ccccc21)c1cccs1. The molecule has 3 rings (SSSR count).